The lowest BCUT2D eigenvalue weighted by Gasteiger charge is -2.29. The van der Waals surface area contributed by atoms with E-state index in [4.69, 9.17) is 11.6 Å². The molecule has 5 heteroatoms. The van der Waals surface area contributed by atoms with E-state index < -0.39 is 17.8 Å². The van der Waals surface area contributed by atoms with Gasteiger partial charge < -0.3 is 15.2 Å². The van der Waals surface area contributed by atoms with Crippen molar-refractivity contribution in [2.45, 2.75) is 12.8 Å². The number of rotatable bonds is 3. The van der Waals surface area contributed by atoms with Crippen molar-refractivity contribution in [3.8, 4) is 0 Å². The zero-order valence-corrected chi connectivity index (χ0v) is 13.0. The van der Waals surface area contributed by atoms with Crippen LogP contribution in [0.2, 0.25) is 0 Å². The predicted molar refractivity (Wildman–Crippen MR) is 87.7 cm³/mol. The highest BCUT2D eigenvalue weighted by atomic mass is 35.5. The molecule has 0 saturated carbocycles. The van der Waals surface area contributed by atoms with Crippen molar-refractivity contribution in [3.63, 3.8) is 0 Å². The number of carboxylic acid groups (broad SMARTS) is 1. The monoisotopic (exact) mass is 328 g/mol. The lowest BCUT2D eigenvalue weighted by molar-refractivity contribution is -0.313. The molecule has 1 aliphatic carbocycles. The molecule has 0 radical (unpaired) electrons. The first-order valence-electron chi connectivity index (χ1n) is 7.40. The van der Waals surface area contributed by atoms with Gasteiger partial charge in [0.1, 0.15) is 0 Å². The van der Waals surface area contributed by atoms with Gasteiger partial charge in [0.2, 0.25) is 5.91 Å². The van der Waals surface area contributed by atoms with Crippen LogP contribution in [0.1, 0.15) is 12.8 Å². The maximum absolute atomic E-state index is 12.6. The van der Waals surface area contributed by atoms with Crippen LogP contribution >= 0.6 is 11.6 Å². The number of hydrogen-bond donors (Lipinski definition) is 1. The van der Waals surface area contributed by atoms with Crippen molar-refractivity contribution in [3.05, 3.63) is 53.6 Å². The standard InChI is InChI=1S/C18H16ClNO3/c19-12-8-9-14(18(22)23)15(10-12)17(21)20-16-7-3-5-11-4-1-2-6-13(11)16/h1-8,14-15H,9-10H2,(H,20,21)(H,22,23)/p-1/t14-,15+/m1/s1. The van der Waals surface area contributed by atoms with Crippen LogP contribution in [0.5, 0.6) is 0 Å². The van der Waals surface area contributed by atoms with Crippen LogP contribution in [0.3, 0.4) is 0 Å². The average Bonchev–Trinajstić information content (AvgIpc) is 2.54. The second-order valence-electron chi connectivity index (χ2n) is 5.64. The van der Waals surface area contributed by atoms with Crippen LogP contribution < -0.4 is 10.4 Å². The highest BCUT2D eigenvalue weighted by Gasteiger charge is 2.32. The van der Waals surface area contributed by atoms with Crippen LogP contribution in [-0.4, -0.2) is 11.9 Å². The maximum atomic E-state index is 12.6. The number of allylic oxidation sites excluding steroid dienone is 2. The molecule has 2 aromatic carbocycles. The molecular formula is C18H15ClNO3-. The minimum atomic E-state index is -1.22. The SMILES string of the molecule is O=C(Nc1cccc2ccccc12)[C@H]1CC(Cl)=CC[C@H]1C(=O)[O-]. The number of anilines is 1. The topological polar surface area (TPSA) is 69.2 Å². The van der Waals surface area contributed by atoms with E-state index in [1.807, 2.05) is 36.4 Å². The number of aliphatic carboxylic acids is 1. The number of halogens is 1. The summed E-state index contributed by atoms with van der Waals surface area (Å²) in [5.41, 5.74) is 0.663. The molecule has 1 N–H and O–H groups in total. The molecule has 0 saturated heterocycles. The van der Waals surface area contributed by atoms with Crippen molar-refractivity contribution >= 4 is 39.9 Å². The lowest BCUT2D eigenvalue weighted by atomic mass is 9.82. The quantitative estimate of drug-likeness (QED) is 0.941. The largest absolute Gasteiger partial charge is 0.550 e. The van der Waals surface area contributed by atoms with Crippen LogP contribution in [0.25, 0.3) is 10.8 Å². The highest BCUT2D eigenvalue weighted by Crippen LogP contribution is 2.33. The molecule has 0 bridgehead atoms. The zero-order valence-electron chi connectivity index (χ0n) is 12.3. The second-order valence-corrected chi connectivity index (χ2v) is 6.12. The molecule has 23 heavy (non-hydrogen) atoms. The molecule has 2 atom stereocenters. The normalized spacial score (nSPS) is 20.8. The van der Waals surface area contributed by atoms with Crippen molar-refractivity contribution < 1.29 is 14.7 Å². The van der Waals surface area contributed by atoms with Gasteiger partial charge in [-0.05, 0) is 24.3 Å². The third kappa shape index (κ3) is 3.22. The molecule has 3 rings (SSSR count). The summed E-state index contributed by atoms with van der Waals surface area (Å²) in [6, 6.07) is 13.3. The van der Waals surface area contributed by atoms with Gasteiger partial charge in [0, 0.05) is 28.0 Å². The van der Waals surface area contributed by atoms with Crippen molar-refractivity contribution in [1.82, 2.24) is 0 Å². The number of carboxylic acids is 1. The minimum Gasteiger partial charge on any atom is -0.550 e. The van der Waals surface area contributed by atoms with Gasteiger partial charge >= 0.3 is 0 Å². The Morgan fingerprint density at radius 3 is 2.61 bits per heavy atom. The van der Waals surface area contributed by atoms with Gasteiger partial charge in [-0.1, -0.05) is 54.1 Å². The molecule has 0 aromatic heterocycles. The van der Waals surface area contributed by atoms with Crippen LogP contribution in [-0.2, 0) is 9.59 Å². The lowest BCUT2D eigenvalue weighted by Crippen LogP contribution is -2.42. The number of carbonyl (C=O) groups is 2. The third-order valence-electron chi connectivity index (χ3n) is 4.18. The molecule has 1 aliphatic rings. The fraction of sp³-hybridized carbons (Fsp3) is 0.222. The number of hydrogen-bond acceptors (Lipinski definition) is 3. The molecule has 0 fully saturated rings. The molecule has 4 nitrogen and oxygen atoms in total. The van der Waals surface area contributed by atoms with E-state index in [1.54, 1.807) is 12.1 Å². The van der Waals surface area contributed by atoms with E-state index >= 15 is 0 Å². The van der Waals surface area contributed by atoms with Gasteiger partial charge in [-0.15, -0.1) is 0 Å². The van der Waals surface area contributed by atoms with E-state index in [0.29, 0.717) is 10.7 Å². The first-order valence-corrected chi connectivity index (χ1v) is 7.78. The van der Waals surface area contributed by atoms with Crippen LogP contribution in [0, 0.1) is 11.8 Å². The van der Waals surface area contributed by atoms with Gasteiger partial charge in [0.15, 0.2) is 0 Å². The van der Waals surface area contributed by atoms with Crippen molar-refractivity contribution in [2.24, 2.45) is 11.8 Å². The van der Waals surface area contributed by atoms with Crippen molar-refractivity contribution in [2.75, 3.05) is 5.32 Å². The van der Waals surface area contributed by atoms with E-state index in [1.165, 1.54) is 0 Å². The van der Waals surface area contributed by atoms with Gasteiger partial charge in [-0.2, -0.15) is 0 Å². The smallest absolute Gasteiger partial charge is 0.228 e. The first kappa shape index (κ1) is 15.6. The Balaban J connectivity index is 1.88. The van der Waals surface area contributed by atoms with Gasteiger partial charge in [-0.3, -0.25) is 4.79 Å². The molecule has 0 unspecified atom stereocenters. The summed E-state index contributed by atoms with van der Waals surface area (Å²) in [5, 5.41) is 16.5. The van der Waals surface area contributed by atoms with E-state index in [2.05, 4.69) is 5.32 Å². The Morgan fingerprint density at radius 2 is 1.83 bits per heavy atom. The summed E-state index contributed by atoms with van der Waals surface area (Å²) in [7, 11) is 0. The number of benzene rings is 2. The Hall–Kier alpha value is -2.33. The van der Waals surface area contributed by atoms with E-state index in [-0.39, 0.29) is 18.7 Å². The summed E-state index contributed by atoms with van der Waals surface area (Å²) in [4.78, 5) is 23.9. The third-order valence-corrected chi connectivity index (χ3v) is 4.49. The molecule has 1 amide bonds. The van der Waals surface area contributed by atoms with Crippen LogP contribution in [0.15, 0.2) is 53.6 Å². The number of nitrogens with one attached hydrogen (secondary N) is 1. The Kier molecular flexibility index (Phi) is 4.35. The Bertz CT molecular complexity index is 794. The molecule has 0 spiro atoms. The van der Waals surface area contributed by atoms with Crippen LogP contribution in [0.4, 0.5) is 5.69 Å². The summed E-state index contributed by atoms with van der Waals surface area (Å²) >= 11 is 5.99. The minimum absolute atomic E-state index is 0.217. The number of fused-ring (bicyclic) bond motifs is 1. The zero-order chi connectivity index (χ0) is 16.4. The summed E-state index contributed by atoms with van der Waals surface area (Å²) in [6.07, 6.45) is 2.08. The summed E-state index contributed by atoms with van der Waals surface area (Å²) < 4.78 is 0. The fourth-order valence-corrected chi connectivity index (χ4v) is 3.21. The maximum Gasteiger partial charge on any atom is 0.228 e. The first-order chi connectivity index (χ1) is 11.1. The van der Waals surface area contributed by atoms with E-state index in [0.717, 1.165) is 10.8 Å². The van der Waals surface area contributed by atoms with E-state index in [9.17, 15) is 14.7 Å². The number of amides is 1. The van der Waals surface area contributed by atoms with Gasteiger partial charge in [-0.25, -0.2) is 0 Å². The molecule has 0 heterocycles. The average molecular weight is 329 g/mol. The Labute approximate surface area is 138 Å². The predicted octanol–water partition coefficient (Wildman–Crippen LogP) is 2.68. The van der Waals surface area contributed by atoms with Gasteiger partial charge in [0.05, 0.1) is 5.92 Å². The number of carbonyl (C=O) groups excluding carboxylic acids is 2. The van der Waals surface area contributed by atoms with Gasteiger partial charge in [0.25, 0.3) is 0 Å². The highest BCUT2D eigenvalue weighted by molar-refractivity contribution is 6.29. The molecule has 118 valence electrons. The summed E-state index contributed by atoms with van der Waals surface area (Å²) in [6.45, 7) is 0. The molecule has 2 aromatic rings. The summed E-state index contributed by atoms with van der Waals surface area (Å²) in [5.74, 6) is -3.14. The molecule has 0 aliphatic heterocycles. The second kappa shape index (κ2) is 6.42. The van der Waals surface area contributed by atoms with Crippen molar-refractivity contribution in [1.29, 1.82) is 0 Å². The fourth-order valence-electron chi connectivity index (χ4n) is 2.95. The Morgan fingerprint density at radius 1 is 1.09 bits per heavy atom. The molecular weight excluding hydrogens is 314 g/mol.